The van der Waals surface area contributed by atoms with Gasteiger partial charge in [0.2, 0.25) is 0 Å². The van der Waals surface area contributed by atoms with Crippen molar-refractivity contribution in [3.8, 4) is 0 Å². The Morgan fingerprint density at radius 1 is 1.09 bits per heavy atom. The van der Waals surface area contributed by atoms with Gasteiger partial charge >= 0.3 is 5.92 Å². The maximum absolute atomic E-state index is 11.5. The van der Waals surface area contributed by atoms with Gasteiger partial charge in [-0.05, 0) is 0 Å². The van der Waals surface area contributed by atoms with Crippen molar-refractivity contribution in [1.82, 2.24) is 0 Å². The molecule has 0 aromatic carbocycles. The second kappa shape index (κ2) is 3.57. The normalized spacial score (nSPS) is 21.3. The molecule has 1 aliphatic rings. The predicted octanol–water partition coefficient (Wildman–Crippen LogP) is -5.56. The molecule has 0 atom stereocenters. The van der Waals surface area contributed by atoms with Crippen LogP contribution in [0.1, 0.15) is 0 Å². The van der Waals surface area contributed by atoms with Crippen LogP contribution in [-0.4, -0.2) is 19.0 Å². The Morgan fingerprint density at radius 3 is 1.27 bits per heavy atom. The number of quaternary nitrogens is 1. The lowest BCUT2D eigenvalue weighted by atomic mass is 10.2. The molecule has 0 bridgehead atoms. The summed E-state index contributed by atoms with van der Waals surface area (Å²) in [5, 5.41) is 1.58. The van der Waals surface area contributed by atoms with Crippen LogP contribution in [0.3, 0.4) is 0 Å². The fraction of sp³-hybridized carbons (Fsp3) is 1.00. The van der Waals surface area contributed by atoms with Crippen molar-refractivity contribution >= 4 is 0 Å². The molecule has 0 spiro atoms. The number of alkyl halides is 2. The maximum atomic E-state index is 11.5. The number of hydrogen-bond acceptors (Lipinski definition) is 4. The molecular weight excluding hydrogens is 187 g/mol. The second-order valence-electron chi connectivity index (χ2n) is 1.93. The van der Waals surface area contributed by atoms with Crippen LogP contribution in [0, 0.1) is 10.2 Å². The molecule has 8 heteroatoms. The number of halogens is 3. The summed E-state index contributed by atoms with van der Waals surface area (Å²) in [6.07, 6.45) is 0. The topological polar surface area (TPSA) is 109 Å². The van der Waals surface area contributed by atoms with Crippen molar-refractivity contribution in [3.05, 3.63) is 0 Å². The van der Waals surface area contributed by atoms with Gasteiger partial charge in [-0.15, -0.1) is 10.2 Å². The van der Waals surface area contributed by atoms with Crippen LogP contribution in [0.4, 0.5) is 8.78 Å². The van der Waals surface area contributed by atoms with Gasteiger partial charge in [-0.3, -0.25) is 0 Å². The first-order chi connectivity index (χ1) is 4.71. The Balaban J connectivity index is 0.000000187. The largest absolute Gasteiger partial charge is 0.342 e. The van der Waals surface area contributed by atoms with Crippen LogP contribution in [0.2, 0.25) is 0 Å². The number of hydrogen-bond donors (Lipinski definition) is 1. The summed E-state index contributed by atoms with van der Waals surface area (Å²) in [5.41, 5.74) is 0. The molecule has 0 saturated carbocycles. The van der Waals surface area contributed by atoms with E-state index >= 15 is 0 Å². The molecule has 1 rings (SSSR count). The minimum Gasteiger partial charge on any atom is -0.336 e. The van der Waals surface area contributed by atoms with E-state index in [9.17, 15) is 8.78 Å². The fourth-order valence-electron chi connectivity index (χ4n) is 0.363. The summed E-state index contributed by atoms with van der Waals surface area (Å²) >= 11 is 0. The molecule has 0 aromatic rings. The molecule has 0 radical (unpaired) electrons. The van der Waals surface area contributed by atoms with Gasteiger partial charge in [0.05, 0.1) is 0 Å². The van der Waals surface area contributed by atoms with Crippen molar-refractivity contribution in [2.75, 3.05) is 13.1 Å². The zero-order valence-corrected chi connectivity index (χ0v) is 6.01. The highest BCUT2D eigenvalue weighted by molar-refractivity contribution is 4.66. The van der Waals surface area contributed by atoms with Crippen molar-refractivity contribution in [3.63, 3.8) is 0 Å². The van der Waals surface area contributed by atoms with Crippen LogP contribution in [0.25, 0.3) is 0 Å². The molecule has 1 fully saturated rings. The van der Waals surface area contributed by atoms with Crippen molar-refractivity contribution < 1.29 is 43.0 Å². The lowest BCUT2D eigenvalue weighted by molar-refractivity contribution is -2.00. The summed E-state index contributed by atoms with van der Waals surface area (Å²) in [7, 11) is -4.94. The summed E-state index contributed by atoms with van der Waals surface area (Å²) in [4.78, 5) is 0. The minimum absolute atomic E-state index is 0.00694. The highest BCUT2D eigenvalue weighted by Crippen LogP contribution is 2.10. The maximum Gasteiger partial charge on any atom is 0.342 e. The van der Waals surface area contributed by atoms with Gasteiger partial charge in [0.15, 0.2) is 0 Å². The molecule has 1 aliphatic heterocycles. The highest BCUT2D eigenvalue weighted by atomic mass is 35.7. The summed E-state index contributed by atoms with van der Waals surface area (Å²) in [5.74, 6) is -2.33. The quantitative estimate of drug-likeness (QED) is 0.414. The standard InChI is InChI=1S/C3H5F2N.ClHO4/c4-3(5)1-6-2-3;2-1(3,4)5/h6H,1-2H2;(H,2,3,4,5). The summed E-state index contributed by atoms with van der Waals surface area (Å²) in [6.45, 7) is -0.0139. The van der Waals surface area contributed by atoms with E-state index in [-0.39, 0.29) is 13.1 Å². The molecule has 68 valence electrons. The van der Waals surface area contributed by atoms with E-state index < -0.39 is 16.2 Å². The smallest absolute Gasteiger partial charge is 0.336 e. The first kappa shape index (κ1) is 11.0. The lowest BCUT2D eigenvalue weighted by Crippen LogP contribution is -3.00. The van der Waals surface area contributed by atoms with Crippen LogP contribution in [0.15, 0.2) is 0 Å². The predicted molar refractivity (Wildman–Crippen MR) is 16.6 cm³/mol. The monoisotopic (exact) mass is 193 g/mol. The third-order valence-electron chi connectivity index (χ3n) is 0.886. The molecule has 0 unspecified atom stereocenters. The van der Waals surface area contributed by atoms with E-state index in [1.165, 1.54) is 0 Å². The molecular formula is C3H6ClF2NO4. The fourth-order valence-corrected chi connectivity index (χ4v) is 0.363. The van der Waals surface area contributed by atoms with Gasteiger partial charge in [0.25, 0.3) is 0 Å². The van der Waals surface area contributed by atoms with Gasteiger partial charge in [0.1, 0.15) is 13.1 Å². The van der Waals surface area contributed by atoms with Crippen molar-refractivity contribution in [2.45, 2.75) is 5.92 Å². The SMILES string of the molecule is FC1(F)C[NH2+]C1.[O-][Cl+3]([O-])([O-])[O-]. The van der Waals surface area contributed by atoms with E-state index in [1.807, 2.05) is 0 Å². The zero-order valence-electron chi connectivity index (χ0n) is 5.26. The average Bonchev–Trinajstić information content (AvgIpc) is 1.57. The van der Waals surface area contributed by atoms with Crippen LogP contribution >= 0.6 is 0 Å². The highest BCUT2D eigenvalue weighted by Gasteiger charge is 2.41. The third-order valence-corrected chi connectivity index (χ3v) is 0.886. The molecule has 1 saturated heterocycles. The van der Waals surface area contributed by atoms with Gasteiger partial charge in [-0.2, -0.15) is 8.78 Å². The molecule has 11 heavy (non-hydrogen) atoms. The van der Waals surface area contributed by atoms with E-state index in [2.05, 4.69) is 0 Å². The van der Waals surface area contributed by atoms with E-state index in [4.69, 9.17) is 18.6 Å². The van der Waals surface area contributed by atoms with E-state index in [1.54, 1.807) is 5.32 Å². The lowest BCUT2D eigenvalue weighted by Gasteiger charge is -2.21. The van der Waals surface area contributed by atoms with Crippen LogP contribution < -0.4 is 24.0 Å². The number of nitrogens with two attached hydrogens (primary N) is 1. The van der Waals surface area contributed by atoms with E-state index in [0.29, 0.717) is 0 Å². The minimum atomic E-state index is -4.94. The van der Waals surface area contributed by atoms with Gasteiger partial charge in [-0.25, -0.2) is 18.6 Å². The molecule has 0 aromatic heterocycles. The molecule has 5 nitrogen and oxygen atoms in total. The first-order valence-corrected chi connectivity index (χ1v) is 3.75. The second-order valence-corrected chi connectivity index (χ2v) is 2.69. The molecule has 2 N–H and O–H groups in total. The van der Waals surface area contributed by atoms with Gasteiger partial charge in [0, 0.05) is 0 Å². The molecule has 0 aliphatic carbocycles. The summed E-state index contributed by atoms with van der Waals surface area (Å²) < 4.78 is 57.0. The Labute approximate surface area is 63.0 Å². The Morgan fingerprint density at radius 2 is 1.27 bits per heavy atom. The Bertz CT molecular complexity index is 115. The van der Waals surface area contributed by atoms with Crippen molar-refractivity contribution in [1.29, 1.82) is 0 Å². The van der Waals surface area contributed by atoms with Crippen molar-refractivity contribution in [2.24, 2.45) is 0 Å². The summed E-state index contributed by atoms with van der Waals surface area (Å²) in [6, 6.07) is 0. The number of rotatable bonds is 0. The Hall–Kier alpha value is -0.0500. The zero-order chi connectivity index (χ0) is 9.12. The van der Waals surface area contributed by atoms with E-state index in [0.717, 1.165) is 0 Å². The molecule has 1 heterocycles. The molecule has 0 amide bonds. The van der Waals surface area contributed by atoms with Gasteiger partial charge in [-0.1, -0.05) is 0 Å². The average molecular weight is 194 g/mol. The van der Waals surface area contributed by atoms with Crippen LogP contribution in [-0.2, 0) is 0 Å². The first-order valence-electron chi connectivity index (χ1n) is 2.52. The van der Waals surface area contributed by atoms with Gasteiger partial charge < -0.3 is 5.32 Å². The Kier molecular flexibility index (Phi) is 3.55. The van der Waals surface area contributed by atoms with Crippen LogP contribution in [0.5, 0.6) is 0 Å². The third kappa shape index (κ3) is 9.95.